The van der Waals surface area contributed by atoms with E-state index in [1.807, 2.05) is 19.1 Å². The Morgan fingerprint density at radius 1 is 1.30 bits per heavy atom. The maximum Gasteiger partial charge on any atom is 0.253 e. The van der Waals surface area contributed by atoms with E-state index in [1.165, 1.54) is 12.8 Å². The van der Waals surface area contributed by atoms with Crippen molar-refractivity contribution in [3.63, 3.8) is 0 Å². The molecule has 0 bridgehead atoms. The van der Waals surface area contributed by atoms with Crippen LogP contribution in [0, 0.1) is 0 Å². The molecule has 23 heavy (non-hydrogen) atoms. The number of nitrogens with one attached hydrogen (secondary N) is 1. The lowest BCUT2D eigenvalue weighted by Gasteiger charge is -2.21. The first-order valence-electron chi connectivity index (χ1n) is 8.15. The lowest BCUT2D eigenvalue weighted by atomic mass is 10.1. The van der Waals surface area contributed by atoms with Crippen LogP contribution in [-0.4, -0.2) is 50.8 Å². The fourth-order valence-corrected chi connectivity index (χ4v) is 2.59. The van der Waals surface area contributed by atoms with Crippen LogP contribution < -0.4 is 0 Å². The number of nitrogens with zero attached hydrogens (tertiary/aromatic N) is 3. The van der Waals surface area contributed by atoms with Crippen LogP contribution in [0.3, 0.4) is 0 Å². The molecule has 122 valence electrons. The molecule has 1 saturated carbocycles. The molecule has 1 aromatic carbocycles. The number of aliphatic hydroxyl groups excluding tert-OH is 1. The van der Waals surface area contributed by atoms with E-state index in [4.69, 9.17) is 5.11 Å². The zero-order valence-electron chi connectivity index (χ0n) is 13.3. The first kappa shape index (κ1) is 15.7. The van der Waals surface area contributed by atoms with Gasteiger partial charge in [0.15, 0.2) is 5.82 Å². The first-order chi connectivity index (χ1) is 11.2. The average Bonchev–Trinajstić information content (AvgIpc) is 3.31. The molecule has 0 spiro atoms. The van der Waals surface area contributed by atoms with E-state index in [0.29, 0.717) is 30.4 Å². The number of aromatic amines is 1. The number of hydrogen-bond acceptors (Lipinski definition) is 4. The van der Waals surface area contributed by atoms with Crippen LogP contribution in [0.15, 0.2) is 24.3 Å². The Morgan fingerprint density at radius 3 is 2.65 bits per heavy atom. The Labute approximate surface area is 135 Å². The van der Waals surface area contributed by atoms with Crippen LogP contribution in [0.2, 0.25) is 0 Å². The number of amides is 1. The molecule has 0 radical (unpaired) electrons. The molecule has 3 rings (SSSR count). The van der Waals surface area contributed by atoms with Crippen molar-refractivity contribution >= 4 is 5.91 Å². The standard InChI is InChI=1S/C17H22N4O2/c1-2-9-21(10-11-22)17(23)14-7-5-13(6-8-14)16-18-15(19-20-16)12-3-4-12/h5-8,12,22H,2-4,9-11H2,1H3,(H,18,19,20). The summed E-state index contributed by atoms with van der Waals surface area (Å²) in [4.78, 5) is 18.6. The van der Waals surface area contributed by atoms with Gasteiger partial charge in [0.25, 0.3) is 5.91 Å². The van der Waals surface area contributed by atoms with Gasteiger partial charge in [0.2, 0.25) is 0 Å². The van der Waals surface area contributed by atoms with Crippen LogP contribution in [-0.2, 0) is 0 Å². The molecule has 0 atom stereocenters. The predicted molar refractivity (Wildman–Crippen MR) is 87.1 cm³/mol. The zero-order chi connectivity index (χ0) is 16.2. The lowest BCUT2D eigenvalue weighted by molar-refractivity contribution is 0.0722. The second-order valence-electron chi connectivity index (χ2n) is 5.91. The van der Waals surface area contributed by atoms with Crippen LogP contribution in [0.4, 0.5) is 0 Å². The van der Waals surface area contributed by atoms with Gasteiger partial charge in [-0.1, -0.05) is 19.1 Å². The molecule has 2 N–H and O–H groups in total. The fourth-order valence-electron chi connectivity index (χ4n) is 2.59. The van der Waals surface area contributed by atoms with Gasteiger partial charge in [0.05, 0.1) is 6.61 Å². The summed E-state index contributed by atoms with van der Waals surface area (Å²) >= 11 is 0. The summed E-state index contributed by atoms with van der Waals surface area (Å²) in [6.45, 7) is 3.00. The van der Waals surface area contributed by atoms with E-state index in [0.717, 1.165) is 17.8 Å². The molecule has 1 aliphatic rings. The summed E-state index contributed by atoms with van der Waals surface area (Å²) in [6.07, 6.45) is 3.23. The first-order valence-corrected chi connectivity index (χ1v) is 8.15. The Hall–Kier alpha value is -2.21. The molecule has 1 heterocycles. The van der Waals surface area contributed by atoms with Crippen molar-refractivity contribution in [3.05, 3.63) is 35.7 Å². The van der Waals surface area contributed by atoms with Crippen molar-refractivity contribution in [1.29, 1.82) is 0 Å². The highest BCUT2D eigenvalue weighted by molar-refractivity contribution is 5.94. The molecule has 0 aliphatic heterocycles. The minimum atomic E-state index is -0.0545. The third-order valence-corrected chi connectivity index (χ3v) is 4.01. The van der Waals surface area contributed by atoms with Gasteiger partial charge < -0.3 is 10.0 Å². The smallest absolute Gasteiger partial charge is 0.253 e. The minimum Gasteiger partial charge on any atom is -0.395 e. The van der Waals surface area contributed by atoms with Crippen molar-refractivity contribution in [3.8, 4) is 11.4 Å². The van der Waals surface area contributed by atoms with E-state index in [9.17, 15) is 4.79 Å². The van der Waals surface area contributed by atoms with Crippen molar-refractivity contribution in [2.24, 2.45) is 0 Å². The Bertz CT molecular complexity index is 655. The number of benzene rings is 1. The van der Waals surface area contributed by atoms with Gasteiger partial charge in [-0.15, -0.1) is 0 Å². The SMILES string of the molecule is CCCN(CCO)C(=O)c1ccc(-c2n[nH]c(C3CC3)n2)cc1. The van der Waals surface area contributed by atoms with E-state index in [2.05, 4.69) is 15.2 Å². The molecule has 6 heteroatoms. The lowest BCUT2D eigenvalue weighted by Crippen LogP contribution is -2.34. The quantitative estimate of drug-likeness (QED) is 0.821. The number of aliphatic hydroxyl groups is 1. The highest BCUT2D eigenvalue weighted by Gasteiger charge is 2.27. The molecule has 1 fully saturated rings. The molecule has 1 aromatic heterocycles. The second-order valence-corrected chi connectivity index (χ2v) is 5.91. The molecule has 1 amide bonds. The molecule has 6 nitrogen and oxygen atoms in total. The zero-order valence-corrected chi connectivity index (χ0v) is 13.3. The van der Waals surface area contributed by atoms with Crippen LogP contribution >= 0.6 is 0 Å². The summed E-state index contributed by atoms with van der Waals surface area (Å²) in [6, 6.07) is 7.34. The van der Waals surface area contributed by atoms with Gasteiger partial charge >= 0.3 is 0 Å². The van der Waals surface area contributed by atoms with Crippen LogP contribution in [0.5, 0.6) is 0 Å². The number of H-pyrrole nitrogens is 1. The number of aromatic nitrogens is 3. The average molecular weight is 314 g/mol. The Kier molecular flexibility index (Phi) is 4.71. The van der Waals surface area contributed by atoms with Crippen molar-refractivity contribution in [2.75, 3.05) is 19.7 Å². The summed E-state index contributed by atoms with van der Waals surface area (Å²) in [7, 11) is 0. The number of carbonyl (C=O) groups excluding carboxylic acids is 1. The summed E-state index contributed by atoms with van der Waals surface area (Å²) in [5.41, 5.74) is 1.52. The van der Waals surface area contributed by atoms with Crippen molar-refractivity contribution in [1.82, 2.24) is 20.1 Å². The fraction of sp³-hybridized carbons (Fsp3) is 0.471. The van der Waals surface area contributed by atoms with E-state index >= 15 is 0 Å². The minimum absolute atomic E-state index is 0.0229. The van der Waals surface area contributed by atoms with Gasteiger partial charge in [0.1, 0.15) is 5.82 Å². The van der Waals surface area contributed by atoms with Crippen LogP contribution in [0.25, 0.3) is 11.4 Å². The van der Waals surface area contributed by atoms with Gasteiger partial charge in [-0.2, -0.15) is 5.10 Å². The molecule has 0 saturated heterocycles. The largest absolute Gasteiger partial charge is 0.395 e. The maximum absolute atomic E-state index is 12.5. The van der Waals surface area contributed by atoms with E-state index in [-0.39, 0.29) is 12.5 Å². The van der Waals surface area contributed by atoms with Gasteiger partial charge in [-0.05, 0) is 31.4 Å². The molecule has 0 unspecified atom stereocenters. The third kappa shape index (κ3) is 3.59. The summed E-state index contributed by atoms with van der Waals surface area (Å²) in [5, 5.41) is 16.3. The topological polar surface area (TPSA) is 82.1 Å². The maximum atomic E-state index is 12.5. The van der Waals surface area contributed by atoms with Gasteiger partial charge in [-0.3, -0.25) is 9.89 Å². The highest BCUT2D eigenvalue weighted by atomic mass is 16.3. The van der Waals surface area contributed by atoms with Gasteiger partial charge in [-0.25, -0.2) is 4.98 Å². The molecular formula is C17H22N4O2. The molecule has 1 aliphatic carbocycles. The number of hydrogen-bond donors (Lipinski definition) is 2. The van der Waals surface area contributed by atoms with E-state index < -0.39 is 0 Å². The normalized spacial score (nSPS) is 14.0. The Balaban J connectivity index is 1.73. The van der Waals surface area contributed by atoms with Gasteiger partial charge in [0, 0.05) is 30.1 Å². The number of carbonyl (C=O) groups is 1. The molecular weight excluding hydrogens is 292 g/mol. The number of rotatable bonds is 7. The highest BCUT2D eigenvalue weighted by Crippen LogP contribution is 2.38. The predicted octanol–water partition coefficient (Wildman–Crippen LogP) is 2.19. The van der Waals surface area contributed by atoms with Crippen molar-refractivity contribution in [2.45, 2.75) is 32.1 Å². The summed E-state index contributed by atoms with van der Waals surface area (Å²) < 4.78 is 0. The monoisotopic (exact) mass is 314 g/mol. The molecule has 2 aromatic rings. The van der Waals surface area contributed by atoms with Crippen LogP contribution in [0.1, 0.15) is 48.3 Å². The Morgan fingerprint density at radius 2 is 2.04 bits per heavy atom. The van der Waals surface area contributed by atoms with Crippen molar-refractivity contribution < 1.29 is 9.90 Å². The second kappa shape index (κ2) is 6.91. The van der Waals surface area contributed by atoms with E-state index in [1.54, 1.807) is 17.0 Å². The summed E-state index contributed by atoms with van der Waals surface area (Å²) in [5.74, 6) is 2.11. The third-order valence-electron chi connectivity index (χ3n) is 4.01.